The SMILES string of the molecule is C=CCCC[S]. The molecule has 0 N–H and O–H groups in total. The highest BCUT2D eigenvalue weighted by Gasteiger charge is 1.72. The van der Waals surface area contributed by atoms with Crippen LogP contribution in [0.25, 0.3) is 0 Å². The van der Waals surface area contributed by atoms with Crippen molar-refractivity contribution in [1.82, 2.24) is 0 Å². The van der Waals surface area contributed by atoms with Gasteiger partial charge in [-0.25, -0.2) is 0 Å². The van der Waals surface area contributed by atoms with E-state index in [1.165, 1.54) is 0 Å². The molecule has 0 unspecified atom stereocenters. The van der Waals surface area contributed by atoms with Crippen LogP contribution < -0.4 is 0 Å². The Balaban J connectivity index is 2.49. The zero-order valence-corrected chi connectivity index (χ0v) is 4.63. The molecule has 0 aromatic rings. The molecule has 0 saturated heterocycles. The average Bonchev–Trinajstić information content (AvgIpc) is 1.61. The van der Waals surface area contributed by atoms with Crippen LogP contribution in [-0.2, 0) is 0 Å². The normalized spacial score (nSPS) is 8.17. The molecule has 0 spiro atoms. The quantitative estimate of drug-likeness (QED) is 0.377. The molecule has 0 aliphatic rings. The van der Waals surface area contributed by atoms with Crippen LogP contribution in [0.3, 0.4) is 0 Å². The van der Waals surface area contributed by atoms with E-state index in [0.29, 0.717) is 0 Å². The van der Waals surface area contributed by atoms with Crippen LogP contribution in [0, 0.1) is 0 Å². The van der Waals surface area contributed by atoms with Crippen molar-refractivity contribution in [3.05, 3.63) is 12.7 Å². The first-order valence-electron chi connectivity index (χ1n) is 2.11. The molecule has 6 heavy (non-hydrogen) atoms. The third-order valence-electron chi connectivity index (χ3n) is 0.553. The fourth-order valence-electron chi connectivity index (χ4n) is 0.228. The molecule has 0 rings (SSSR count). The highest BCUT2D eigenvalue weighted by Crippen LogP contribution is 1.89. The summed E-state index contributed by atoms with van der Waals surface area (Å²) in [7, 11) is 0. The molecule has 1 heteroatoms. The lowest BCUT2D eigenvalue weighted by molar-refractivity contribution is 0.978. The fourth-order valence-corrected chi connectivity index (χ4v) is 0.394. The summed E-state index contributed by atoms with van der Waals surface area (Å²) < 4.78 is 0. The zero-order valence-electron chi connectivity index (χ0n) is 3.81. The Kier molecular flexibility index (Phi) is 5.17. The molecular formula is C5H9S. The predicted molar refractivity (Wildman–Crippen MR) is 31.9 cm³/mol. The van der Waals surface area contributed by atoms with Gasteiger partial charge in [-0.15, -0.1) is 6.58 Å². The number of allylic oxidation sites excluding steroid dienone is 1. The van der Waals surface area contributed by atoms with Crippen molar-refractivity contribution >= 4 is 12.6 Å². The van der Waals surface area contributed by atoms with E-state index in [9.17, 15) is 0 Å². The van der Waals surface area contributed by atoms with Crippen LogP contribution in [0.2, 0.25) is 0 Å². The molecule has 0 heterocycles. The van der Waals surface area contributed by atoms with Gasteiger partial charge in [0.25, 0.3) is 0 Å². The summed E-state index contributed by atoms with van der Waals surface area (Å²) in [6, 6.07) is 0. The van der Waals surface area contributed by atoms with Gasteiger partial charge in [0.2, 0.25) is 0 Å². The maximum absolute atomic E-state index is 4.67. The Labute approximate surface area is 44.7 Å². The van der Waals surface area contributed by atoms with Crippen molar-refractivity contribution in [2.45, 2.75) is 12.8 Å². The number of unbranched alkanes of at least 4 members (excludes halogenated alkanes) is 1. The van der Waals surface area contributed by atoms with Gasteiger partial charge >= 0.3 is 0 Å². The van der Waals surface area contributed by atoms with Gasteiger partial charge in [-0.3, -0.25) is 0 Å². The maximum atomic E-state index is 4.67. The lowest BCUT2D eigenvalue weighted by Gasteiger charge is -1.80. The Hall–Kier alpha value is 0.0900. The summed E-state index contributed by atoms with van der Waals surface area (Å²) in [6.07, 6.45) is 4.08. The Morgan fingerprint density at radius 2 is 2.33 bits per heavy atom. The summed E-state index contributed by atoms with van der Waals surface area (Å²) >= 11 is 4.67. The minimum absolute atomic E-state index is 0.867. The van der Waals surface area contributed by atoms with Crippen molar-refractivity contribution in [1.29, 1.82) is 0 Å². The molecular weight excluding hydrogens is 92.1 g/mol. The minimum Gasteiger partial charge on any atom is -0.103 e. The number of rotatable bonds is 3. The fraction of sp³-hybridized carbons (Fsp3) is 0.600. The first kappa shape index (κ1) is 6.09. The third-order valence-corrected chi connectivity index (χ3v) is 0.841. The second kappa shape index (κ2) is 5.09. The lowest BCUT2D eigenvalue weighted by Crippen LogP contribution is -1.67. The summed E-state index contributed by atoms with van der Waals surface area (Å²) in [6.45, 7) is 3.55. The van der Waals surface area contributed by atoms with Gasteiger partial charge < -0.3 is 0 Å². The number of hydrogen-bond donors (Lipinski definition) is 0. The number of hydrogen-bond acceptors (Lipinski definition) is 0. The molecule has 1 radical (unpaired) electrons. The maximum Gasteiger partial charge on any atom is 0.00398 e. The standard InChI is InChI=1S/C5H9S/c1-2-3-4-5-6/h2H,1,3-5H2. The topological polar surface area (TPSA) is 0 Å². The molecule has 0 aliphatic carbocycles. The van der Waals surface area contributed by atoms with Gasteiger partial charge in [0.15, 0.2) is 0 Å². The summed E-state index contributed by atoms with van der Waals surface area (Å²) in [4.78, 5) is 0. The highest BCUT2D eigenvalue weighted by atomic mass is 32.1. The monoisotopic (exact) mass is 101 g/mol. The van der Waals surface area contributed by atoms with Gasteiger partial charge in [-0.2, -0.15) is 0 Å². The van der Waals surface area contributed by atoms with Crippen LogP contribution in [-0.4, -0.2) is 5.75 Å². The minimum atomic E-state index is 0.867. The predicted octanol–water partition coefficient (Wildman–Crippen LogP) is 2.15. The van der Waals surface area contributed by atoms with Crippen LogP contribution >= 0.6 is 12.6 Å². The van der Waals surface area contributed by atoms with Gasteiger partial charge in [0, 0.05) is 5.75 Å². The summed E-state index contributed by atoms with van der Waals surface area (Å²) in [5.41, 5.74) is 0. The van der Waals surface area contributed by atoms with E-state index in [1.807, 2.05) is 6.08 Å². The second-order valence-corrected chi connectivity index (χ2v) is 1.54. The molecule has 0 aromatic heterocycles. The van der Waals surface area contributed by atoms with Crippen molar-refractivity contribution in [3.63, 3.8) is 0 Å². The van der Waals surface area contributed by atoms with Gasteiger partial charge in [0.05, 0.1) is 0 Å². The molecule has 0 saturated carbocycles. The average molecular weight is 101 g/mol. The molecule has 0 nitrogen and oxygen atoms in total. The molecule has 0 aliphatic heterocycles. The highest BCUT2D eigenvalue weighted by molar-refractivity contribution is 7.80. The molecule has 0 bridgehead atoms. The largest absolute Gasteiger partial charge is 0.103 e. The van der Waals surface area contributed by atoms with E-state index in [4.69, 9.17) is 0 Å². The Bertz CT molecular complexity index is 32.9. The van der Waals surface area contributed by atoms with Crippen LogP contribution in [0.5, 0.6) is 0 Å². The Morgan fingerprint density at radius 3 is 2.50 bits per heavy atom. The smallest absolute Gasteiger partial charge is 0.00398 e. The zero-order chi connectivity index (χ0) is 4.83. The van der Waals surface area contributed by atoms with Crippen LogP contribution in [0.15, 0.2) is 12.7 Å². The van der Waals surface area contributed by atoms with Gasteiger partial charge in [-0.1, -0.05) is 18.7 Å². The van der Waals surface area contributed by atoms with E-state index in [1.54, 1.807) is 0 Å². The van der Waals surface area contributed by atoms with Crippen molar-refractivity contribution in [2.75, 3.05) is 5.75 Å². The summed E-state index contributed by atoms with van der Waals surface area (Å²) in [5.74, 6) is 0.867. The van der Waals surface area contributed by atoms with Gasteiger partial charge in [0.1, 0.15) is 0 Å². The molecule has 0 atom stereocenters. The van der Waals surface area contributed by atoms with E-state index in [2.05, 4.69) is 19.2 Å². The van der Waals surface area contributed by atoms with Crippen molar-refractivity contribution in [2.24, 2.45) is 0 Å². The summed E-state index contributed by atoms with van der Waals surface area (Å²) in [5, 5.41) is 0. The van der Waals surface area contributed by atoms with Crippen molar-refractivity contribution in [3.8, 4) is 0 Å². The third kappa shape index (κ3) is 4.09. The lowest BCUT2D eigenvalue weighted by atomic mass is 10.3. The molecule has 0 aromatic carbocycles. The molecule has 0 fully saturated rings. The van der Waals surface area contributed by atoms with Crippen LogP contribution in [0.1, 0.15) is 12.8 Å². The second-order valence-electron chi connectivity index (χ2n) is 1.14. The van der Waals surface area contributed by atoms with E-state index >= 15 is 0 Å². The van der Waals surface area contributed by atoms with Crippen LogP contribution in [0.4, 0.5) is 0 Å². The van der Waals surface area contributed by atoms with Gasteiger partial charge in [-0.05, 0) is 12.8 Å². The molecule has 35 valence electrons. The molecule has 0 amide bonds. The van der Waals surface area contributed by atoms with Crippen molar-refractivity contribution < 1.29 is 0 Å². The van der Waals surface area contributed by atoms with E-state index < -0.39 is 0 Å². The van der Waals surface area contributed by atoms with E-state index in [0.717, 1.165) is 18.6 Å². The first-order valence-corrected chi connectivity index (χ1v) is 2.68. The first-order chi connectivity index (χ1) is 2.91. The van der Waals surface area contributed by atoms with E-state index in [-0.39, 0.29) is 0 Å². The Morgan fingerprint density at radius 1 is 1.67 bits per heavy atom.